The van der Waals surface area contributed by atoms with Crippen LogP contribution >= 0.6 is 0 Å². The summed E-state index contributed by atoms with van der Waals surface area (Å²) in [6.07, 6.45) is 57.8. The monoisotopic (exact) mass is 1330 g/mol. The van der Waals surface area contributed by atoms with Crippen LogP contribution in [0.4, 0.5) is 0 Å². The van der Waals surface area contributed by atoms with Crippen molar-refractivity contribution in [2.75, 3.05) is 0 Å². The van der Waals surface area contributed by atoms with E-state index in [-0.39, 0.29) is 75.4 Å². The van der Waals surface area contributed by atoms with Crippen molar-refractivity contribution in [1.82, 2.24) is 0 Å². The fourth-order valence-electron chi connectivity index (χ4n) is 17.4. The van der Waals surface area contributed by atoms with Gasteiger partial charge in [-0.1, -0.05) is 250 Å². The molecule has 0 aromatic heterocycles. The van der Waals surface area contributed by atoms with Gasteiger partial charge in [-0.25, -0.2) is 0 Å². The molecule has 0 aromatic carbocycles. The average Bonchev–Trinajstić information content (AvgIpc) is 1.68. The van der Waals surface area contributed by atoms with E-state index in [1.807, 2.05) is 0 Å². The summed E-state index contributed by atoms with van der Waals surface area (Å²) in [4.78, 5) is 0. The number of hydrogen-bond donors (Lipinski definition) is 0. The Balaban J connectivity index is -0.000000557. The van der Waals surface area contributed by atoms with Crippen molar-refractivity contribution in [2.24, 2.45) is 71.0 Å². The molecule has 0 spiro atoms. The third kappa shape index (κ3) is 42.6. The molecule has 0 bridgehead atoms. The van der Waals surface area contributed by atoms with E-state index >= 15 is 0 Å². The van der Waals surface area contributed by atoms with Crippen LogP contribution in [0, 0.1) is 71.0 Å². The first-order valence-corrected chi connectivity index (χ1v) is 54.1. The number of hydrogen-bond acceptors (Lipinski definition) is 4. The summed E-state index contributed by atoms with van der Waals surface area (Å²) in [5, 5.41) is 0. The molecule has 0 amide bonds. The van der Waals surface area contributed by atoms with Crippen LogP contribution in [0.15, 0.2) is 0 Å². The predicted octanol–water partition coefficient (Wildman–Crippen LogP) is 16.1. The van der Waals surface area contributed by atoms with Crippen LogP contribution in [0.1, 0.15) is 340 Å². The van der Waals surface area contributed by atoms with Crippen molar-refractivity contribution < 1.29 is 93.1 Å². The molecule has 528 valence electrons. The summed E-state index contributed by atoms with van der Waals surface area (Å²) in [5.41, 5.74) is 0. The van der Waals surface area contributed by atoms with Crippen molar-refractivity contribution in [3.63, 3.8) is 0 Å². The molecule has 0 aliphatic heterocycles. The topological polar surface area (TPSA) is 36.9 Å². The van der Waals surface area contributed by atoms with Crippen LogP contribution in [0.5, 0.6) is 0 Å². The van der Waals surface area contributed by atoms with E-state index in [0.29, 0.717) is 24.4 Å². The van der Waals surface area contributed by atoms with Gasteiger partial charge in [0.2, 0.25) is 0 Å². The molecule has 4 fully saturated rings. The van der Waals surface area contributed by atoms with Crippen molar-refractivity contribution in [2.45, 2.75) is 443 Å². The van der Waals surface area contributed by atoms with Gasteiger partial charge >= 0.3 is 75.4 Å². The Morgan fingerprint density at radius 2 is 0.457 bits per heavy atom. The van der Waals surface area contributed by atoms with Crippen LogP contribution in [0.2, 0.25) is 78.6 Å². The second kappa shape index (κ2) is 57.5. The predicted molar refractivity (Wildman–Crippen MR) is 408 cm³/mol. The van der Waals surface area contributed by atoms with Gasteiger partial charge in [0.1, 0.15) is 0 Å². The van der Waals surface area contributed by atoms with Gasteiger partial charge in [-0.2, -0.15) is 0 Å². The van der Waals surface area contributed by atoms with Gasteiger partial charge in [0, 0.05) is 6.10 Å². The third-order valence-corrected chi connectivity index (χ3v) is 25.4. The first-order chi connectivity index (χ1) is 41.7. The van der Waals surface area contributed by atoms with Gasteiger partial charge in [-0.15, -0.1) is 0 Å². The Kier molecular flexibility index (Phi) is 63.4. The molecule has 12 heteroatoms. The Hall–Kier alpha value is 3.10. The van der Waals surface area contributed by atoms with Crippen LogP contribution in [-0.2, 0) is 17.7 Å². The van der Waals surface area contributed by atoms with Crippen LogP contribution in [0.25, 0.3) is 0 Å². The zero-order chi connectivity index (χ0) is 66.4. The van der Waals surface area contributed by atoms with Gasteiger partial charge in [-0.05, 0) is 239 Å². The molecule has 4 aliphatic rings. The standard InChI is InChI=1S/C24H50OSi.2C20H42OSi.C16H34OSi.4Li/c1-8-12-16-20-21(17-13-9-2)23(19-15-11-4)24(25-26(5,6)7)22(20)18-14-10-3;1-7-10-13-17-16-20(21-22(4,5)6)19(15-12-9-3)18(17)14-11-8-2;1-7-10-13-17-16-18(14-11-8-2)20(21-22(4,5)6)19(17)15-12-9-3;1-6-8-10-14-12-13-15(11-9-7-2)16(14)17-18(3,4)5;;;;/h20-24H,8-19H2,1-7H3;2*17-20H,7-16H2,1-6H3;14-16H,6-13H2,1-5H3;;;;/q;;;;4*+1. The van der Waals surface area contributed by atoms with E-state index < -0.39 is 33.3 Å². The van der Waals surface area contributed by atoms with Crippen molar-refractivity contribution in [1.29, 1.82) is 0 Å². The fraction of sp³-hybridized carbons (Fsp3) is 1.00. The van der Waals surface area contributed by atoms with Gasteiger partial charge < -0.3 is 17.7 Å². The molecule has 14 unspecified atom stereocenters. The molecular weight excluding hydrogens is 1160 g/mol. The molecule has 0 saturated heterocycles. The van der Waals surface area contributed by atoms with Gasteiger partial charge in [-0.3, -0.25) is 0 Å². The van der Waals surface area contributed by atoms with Crippen LogP contribution in [-0.4, -0.2) is 57.7 Å². The summed E-state index contributed by atoms with van der Waals surface area (Å²) in [6, 6.07) is 0. The third-order valence-electron chi connectivity index (χ3n) is 21.5. The average molecular weight is 1330 g/mol. The van der Waals surface area contributed by atoms with E-state index in [1.54, 1.807) is 0 Å². The Bertz CT molecular complexity index is 1570. The molecular formula is C80H168Li4O4Si4+4. The second-order valence-corrected chi connectivity index (χ2v) is 51.9. The molecule has 14 atom stereocenters. The quantitative estimate of drug-likeness (QED) is 0.0570. The second-order valence-electron chi connectivity index (χ2n) is 34.1. The smallest absolute Gasteiger partial charge is 0.414 e. The first kappa shape index (κ1) is 101. The van der Waals surface area contributed by atoms with Gasteiger partial charge in [0.15, 0.2) is 33.3 Å². The van der Waals surface area contributed by atoms with Crippen molar-refractivity contribution in [3.05, 3.63) is 0 Å². The maximum absolute atomic E-state index is 6.98. The van der Waals surface area contributed by atoms with E-state index in [2.05, 4.69) is 162 Å². The Morgan fingerprint density at radius 3 is 0.783 bits per heavy atom. The van der Waals surface area contributed by atoms with Crippen molar-refractivity contribution >= 4 is 33.3 Å². The molecule has 4 aliphatic carbocycles. The summed E-state index contributed by atoms with van der Waals surface area (Å²) >= 11 is 0. The van der Waals surface area contributed by atoms with E-state index in [1.165, 1.54) is 257 Å². The summed E-state index contributed by atoms with van der Waals surface area (Å²) in [5.74, 6) is 10.6. The largest absolute Gasteiger partial charge is 1.00 e. The minimum Gasteiger partial charge on any atom is -0.414 e. The molecule has 0 aromatic rings. The molecule has 4 saturated carbocycles. The number of rotatable bonds is 44. The molecule has 4 nitrogen and oxygen atoms in total. The normalized spacial score (nSPS) is 27.9. The fourth-order valence-corrected chi connectivity index (χ4v) is 22.1. The van der Waals surface area contributed by atoms with E-state index in [9.17, 15) is 0 Å². The van der Waals surface area contributed by atoms with Gasteiger partial charge in [0.05, 0.1) is 18.3 Å². The minimum atomic E-state index is -1.51. The van der Waals surface area contributed by atoms with Crippen LogP contribution in [0.3, 0.4) is 0 Å². The molecule has 0 heterocycles. The zero-order valence-electron chi connectivity index (χ0n) is 69.2. The maximum atomic E-state index is 6.98. The van der Waals surface area contributed by atoms with Crippen molar-refractivity contribution in [3.8, 4) is 0 Å². The van der Waals surface area contributed by atoms with E-state index in [4.69, 9.17) is 17.7 Å². The molecule has 4 rings (SSSR count). The summed E-state index contributed by atoms with van der Waals surface area (Å²) < 4.78 is 27.0. The maximum Gasteiger partial charge on any atom is 1.00 e. The molecule has 92 heavy (non-hydrogen) atoms. The molecule has 0 radical (unpaired) electrons. The van der Waals surface area contributed by atoms with E-state index in [0.717, 1.165) is 71.0 Å². The van der Waals surface area contributed by atoms with Gasteiger partial charge in [0.25, 0.3) is 0 Å². The molecule has 0 N–H and O–H groups in total. The Labute approximate surface area is 634 Å². The minimum absolute atomic E-state index is 0. The van der Waals surface area contributed by atoms with Crippen LogP contribution < -0.4 is 75.4 Å². The number of unbranched alkanes of at least 4 members (excludes halogenated alkanes) is 12. The summed E-state index contributed by atoms with van der Waals surface area (Å²) in [7, 11) is -5.76. The SMILES string of the molecule is CCCCC1C(CCCC)C(CCCC)C(O[Si](C)(C)C)C1CCCC.CCCCC1CC(CCCC)C(O[Si](C)(C)C)C1CCCC.CCCCC1CC(O[Si](C)(C)C)C(CCCC)C1CCCC.CCCCC1CCC(CCCC)C1O[Si](C)(C)C.[Li+].[Li+].[Li+].[Li+]. The first-order valence-electron chi connectivity index (χ1n) is 40.4. The zero-order valence-corrected chi connectivity index (χ0v) is 73.2. The summed E-state index contributed by atoms with van der Waals surface area (Å²) in [6.45, 7) is 56.5. The Morgan fingerprint density at radius 1 is 0.217 bits per heavy atom.